The fourth-order valence-electron chi connectivity index (χ4n) is 3.84. The van der Waals surface area contributed by atoms with E-state index in [1.807, 2.05) is 0 Å². The highest BCUT2D eigenvalue weighted by atomic mass is 16.2. The summed E-state index contributed by atoms with van der Waals surface area (Å²) in [5.74, 6) is 0.974. The Balaban J connectivity index is 1.91. The van der Waals surface area contributed by atoms with E-state index in [0.717, 1.165) is 25.7 Å². The summed E-state index contributed by atoms with van der Waals surface area (Å²) in [7, 11) is 0. The van der Waals surface area contributed by atoms with E-state index in [9.17, 15) is 4.79 Å². The van der Waals surface area contributed by atoms with Crippen LogP contribution in [-0.2, 0) is 4.79 Å². The van der Waals surface area contributed by atoms with Gasteiger partial charge in [-0.2, -0.15) is 0 Å². The third kappa shape index (κ3) is 3.95. The van der Waals surface area contributed by atoms with E-state index in [1.165, 1.54) is 38.5 Å². The van der Waals surface area contributed by atoms with Crippen molar-refractivity contribution in [2.75, 3.05) is 0 Å². The second kappa shape index (κ2) is 7.28. The molecule has 0 aromatic carbocycles. The molecule has 0 radical (unpaired) electrons. The van der Waals surface area contributed by atoms with Gasteiger partial charge in [-0.3, -0.25) is 4.79 Å². The lowest BCUT2D eigenvalue weighted by Crippen LogP contribution is -2.48. The summed E-state index contributed by atoms with van der Waals surface area (Å²) in [6.45, 7) is 2.24. The van der Waals surface area contributed by atoms with Crippen molar-refractivity contribution >= 4 is 5.91 Å². The SMILES string of the molecule is CCC1CCCCC1NC(=O)C1CCCCCC1N. The van der Waals surface area contributed by atoms with Gasteiger partial charge in [0.15, 0.2) is 0 Å². The van der Waals surface area contributed by atoms with Gasteiger partial charge >= 0.3 is 0 Å². The van der Waals surface area contributed by atoms with E-state index < -0.39 is 0 Å². The lowest BCUT2D eigenvalue weighted by molar-refractivity contribution is -0.127. The van der Waals surface area contributed by atoms with Gasteiger partial charge in [-0.05, 0) is 31.6 Å². The molecule has 0 bridgehead atoms. The molecule has 4 unspecified atom stereocenters. The first kappa shape index (κ1) is 14.8. The Morgan fingerprint density at radius 3 is 2.53 bits per heavy atom. The Hall–Kier alpha value is -0.570. The van der Waals surface area contributed by atoms with Crippen LogP contribution in [-0.4, -0.2) is 18.0 Å². The third-order valence-corrected chi connectivity index (χ3v) is 5.17. The summed E-state index contributed by atoms with van der Waals surface area (Å²) >= 11 is 0. The molecule has 3 N–H and O–H groups in total. The maximum Gasteiger partial charge on any atom is 0.224 e. The Morgan fingerprint density at radius 2 is 1.74 bits per heavy atom. The van der Waals surface area contributed by atoms with Crippen molar-refractivity contribution in [3.8, 4) is 0 Å². The van der Waals surface area contributed by atoms with Crippen molar-refractivity contribution in [1.29, 1.82) is 0 Å². The minimum atomic E-state index is 0.0573. The Labute approximate surface area is 117 Å². The van der Waals surface area contributed by atoms with Crippen molar-refractivity contribution < 1.29 is 4.79 Å². The molecule has 0 saturated heterocycles. The topological polar surface area (TPSA) is 55.1 Å². The molecular weight excluding hydrogens is 236 g/mol. The molecule has 3 nitrogen and oxygen atoms in total. The first-order chi connectivity index (χ1) is 9.22. The van der Waals surface area contributed by atoms with Gasteiger partial charge in [0.1, 0.15) is 0 Å². The zero-order valence-corrected chi connectivity index (χ0v) is 12.4. The van der Waals surface area contributed by atoms with Crippen molar-refractivity contribution in [3.05, 3.63) is 0 Å². The second-order valence-corrected chi connectivity index (χ2v) is 6.48. The van der Waals surface area contributed by atoms with Crippen molar-refractivity contribution in [2.24, 2.45) is 17.6 Å². The number of hydrogen-bond donors (Lipinski definition) is 2. The zero-order chi connectivity index (χ0) is 13.7. The fraction of sp³-hybridized carbons (Fsp3) is 0.938. The lowest BCUT2D eigenvalue weighted by Gasteiger charge is -2.33. The average Bonchev–Trinajstić information content (AvgIpc) is 2.64. The number of carbonyl (C=O) groups is 1. The fourth-order valence-corrected chi connectivity index (χ4v) is 3.84. The molecule has 2 fully saturated rings. The predicted molar refractivity (Wildman–Crippen MR) is 78.7 cm³/mol. The van der Waals surface area contributed by atoms with Crippen LogP contribution in [0.3, 0.4) is 0 Å². The van der Waals surface area contributed by atoms with E-state index in [-0.39, 0.29) is 17.9 Å². The first-order valence-electron chi connectivity index (χ1n) is 8.28. The van der Waals surface area contributed by atoms with Crippen LogP contribution in [0.2, 0.25) is 0 Å². The monoisotopic (exact) mass is 266 g/mol. The number of nitrogens with one attached hydrogen (secondary N) is 1. The lowest BCUT2D eigenvalue weighted by atomic mass is 9.82. The molecule has 0 aromatic heterocycles. The molecule has 2 aliphatic rings. The van der Waals surface area contributed by atoms with E-state index in [0.29, 0.717) is 12.0 Å². The van der Waals surface area contributed by atoms with E-state index in [1.54, 1.807) is 0 Å². The van der Waals surface area contributed by atoms with Gasteiger partial charge < -0.3 is 11.1 Å². The summed E-state index contributed by atoms with van der Waals surface area (Å²) in [6.07, 6.45) is 11.8. The van der Waals surface area contributed by atoms with Crippen molar-refractivity contribution in [1.82, 2.24) is 5.32 Å². The summed E-state index contributed by atoms with van der Waals surface area (Å²) in [5, 5.41) is 3.33. The minimum absolute atomic E-state index is 0.0573. The smallest absolute Gasteiger partial charge is 0.224 e. The Bertz CT molecular complexity index is 292. The van der Waals surface area contributed by atoms with Crippen LogP contribution < -0.4 is 11.1 Å². The molecule has 2 aliphatic carbocycles. The average molecular weight is 266 g/mol. The predicted octanol–water partition coefficient (Wildman–Crippen LogP) is 2.98. The minimum Gasteiger partial charge on any atom is -0.353 e. The molecule has 0 aliphatic heterocycles. The van der Waals surface area contributed by atoms with Crippen molar-refractivity contribution in [2.45, 2.75) is 83.2 Å². The molecule has 19 heavy (non-hydrogen) atoms. The first-order valence-corrected chi connectivity index (χ1v) is 8.28. The summed E-state index contributed by atoms with van der Waals surface area (Å²) in [6, 6.07) is 0.480. The second-order valence-electron chi connectivity index (χ2n) is 6.48. The highest BCUT2D eigenvalue weighted by Crippen LogP contribution is 2.28. The quantitative estimate of drug-likeness (QED) is 0.772. The van der Waals surface area contributed by atoms with Crippen LogP contribution >= 0.6 is 0 Å². The number of amides is 1. The van der Waals surface area contributed by atoms with Crippen LogP contribution in [0.5, 0.6) is 0 Å². The van der Waals surface area contributed by atoms with Gasteiger partial charge in [0, 0.05) is 12.1 Å². The Kier molecular flexibility index (Phi) is 5.68. The standard InChI is InChI=1S/C16H30N2O/c1-2-12-8-6-7-11-15(12)18-16(19)13-9-4-3-5-10-14(13)17/h12-15H,2-11,17H2,1H3,(H,18,19). The van der Waals surface area contributed by atoms with Gasteiger partial charge in [0.25, 0.3) is 0 Å². The zero-order valence-electron chi connectivity index (χ0n) is 12.4. The normalized spacial score (nSPS) is 36.5. The van der Waals surface area contributed by atoms with E-state index in [2.05, 4.69) is 12.2 Å². The molecule has 0 spiro atoms. The van der Waals surface area contributed by atoms with Crippen LogP contribution in [0.15, 0.2) is 0 Å². The Morgan fingerprint density at radius 1 is 1.05 bits per heavy atom. The van der Waals surface area contributed by atoms with Gasteiger partial charge in [0.2, 0.25) is 5.91 Å². The van der Waals surface area contributed by atoms with Crippen molar-refractivity contribution in [3.63, 3.8) is 0 Å². The molecular formula is C16H30N2O. The van der Waals surface area contributed by atoms with E-state index in [4.69, 9.17) is 5.73 Å². The summed E-state index contributed by atoms with van der Waals surface area (Å²) in [4.78, 5) is 12.5. The molecule has 0 heterocycles. The molecule has 1 amide bonds. The van der Waals surface area contributed by atoms with Gasteiger partial charge in [0.05, 0.1) is 5.92 Å². The highest BCUT2D eigenvalue weighted by Gasteiger charge is 2.31. The third-order valence-electron chi connectivity index (χ3n) is 5.17. The summed E-state index contributed by atoms with van der Waals surface area (Å²) in [5.41, 5.74) is 6.19. The summed E-state index contributed by atoms with van der Waals surface area (Å²) < 4.78 is 0. The van der Waals surface area contributed by atoms with E-state index >= 15 is 0 Å². The van der Waals surface area contributed by atoms with Crippen LogP contribution in [0.1, 0.15) is 71.1 Å². The maximum absolute atomic E-state index is 12.5. The number of carbonyl (C=O) groups excluding carboxylic acids is 1. The van der Waals surface area contributed by atoms with Gasteiger partial charge in [-0.1, -0.05) is 45.4 Å². The number of nitrogens with two attached hydrogens (primary N) is 1. The molecule has 0 aromatic rings. The molecule has 110 valence electrons. The van der Waals surface area contributed by atoms with Gasteiger partial charge in [-0.25, -0.2) is 0 Å². The highest BCUT2D eigenvalue weighted by molar-refractivity contribution is 5.79. The molecule has 2 saturated carbocycles. The molecule has 3 heteroatoms. The van der Waals surface area contributed by atoms with Crippen LogP contribution in [0.25, 0.3) is 0 Å². The number of rotatable bonds is 3. The van der Waals surface area contributed by atoms with Crippen LogP contribution in [0.4, 0.5) is 0 Å². The number of hydrogen-bond acceptors (Lipinski definition) is 2. The van der Waals surface area contributed by atoms with Gasteiger partial charge in [-0.15, -0.1) is 0 Å². The largest absolute Gasteiger partial charge is 0.353 e. The van der Waals surface area contributed by atoms with Crippen LogP contribution in [0, 0.1) is 11.8 Å². The molecule has 4 atom stereocenters. The molecule has 2 rings (SSSR count). The maximum atomic E-state index is 12.5.